The van der Waals surface area contributed by atoms with Crippen LogP contribution in [0.4, 0.5) is 0 Å². The molecule has 6 nitrogen and oxygen atoms in total. The fraction of sp³-hybridized carbons (Fsp3) is 0.458. The highest BCUT2D eigenvalue weighted by Crippen LogP contribution is 2.40. The molecule has 2 aliphatic rings. The van der Waals surface area contributed by atoms with E-state index in [9.17, 15) is 9.59 Å². The summed E-state index contributed by atoms with van der Waals surface area (Å²) in [4.78, 5) is 32.7. The fourth-order valence-corrected chi connectivity index (χ4v) is 4.57. The maximum absolute atomic E-state index is 13.5. The first kappa shape index (κ1) is 21.4. The topological polar surface area (TPSA) is 64.4 Å². The molecule has 1 aromatic heterocycles. The van der Waals surface area contributed by atoms with E-state index in [1.165, 1.54) is 0 Å². The van der Waals surface area contributed by atoms with Crippen LogP contribution in [-0.4, -0.2) is 46.5 Å². The van der Waals surface area contributed by atoms with Crippen molar-refractivity contribution in [2.45, 2.75) is 64.9 Å². The summed E-state index contributed by atoms with van der Waals surface area (Å²) in [6.07, 6.45) is 3.32. The van der Waals surface area contributed by atoms with Gasteiger partial charge in [-0.05, 0) is 51.8 Å². The van der Waals surface area contributed by atoms with Crippen LogP contribution < -0.4 is 0 Å². The van der Waals surface area contributed by atoms with Crippen LogP contribution in [0.5, 0.6) is 0 Å². The van der Waals surface area contributed by atoms with E-state index in [2.05, 4.69) is 36.1 Å². The van der Waals surface area contributed by atoms with Gasteiger partial charge in [0.05, 0.1) is 23.0 Å². The number of hydrogen-bond acceptors (Lipinski definition) is 4. The molecule has 0 spiro atoms. The van der Waals surface area contributed by atoms with Gasteiger partial charge in [-0.25, -0.2) is 9.78 Å². The van der Waals surface area contributed by atoms with Crippen LogP contribution in [0.1, 0.15) is 71.8 Å². The number of esters is 1. The minimum atomic E-state index is -1.53. The van der Waals surface area contributed by atoms with Crippen LogP contribution in [0.15, 0.2) is 24.5 Å². The molecule has 0 bridgehead atoms. The second kappa shape index (κ2) is 7.38. The van der Waals surface area contributed by atoms with E-state index >= 15 is 0 Å². The largest absolute Gasteiger partial charge is 0.455 e. The molecule has 2 aromatic rings. The van der Waals surface area contributed by atoms with Gasteiger partial charge in [-0.2, -0.15) is 0 Å². The molecule has 0 radical (unpaired) electrons. The first-order valence-electron chi connectivity index (χ1n) is 10.7. The molecule has 0 unspecified atom stereocenters. The molecule has 1 saturated heterocycles. The molecular formula is C24H29N3O3Si. The minimum absolute atomic E-state index is 0.0204. The van der Waals surface area contributed by atoms with E-state index in [1.54, 1.807) is 6.33 Å². The number of aromatic nitrogens is 2. The molecule has 0 saturated carbocycles. The van der Waals surface area contributed by atoms with E-state index in [0.717, 1.165) is 29.8 Å². The molecule has 3 heterocycles. The SMILES string of the molecule is CC(C)(C)OC(=O)c1ncn2c1[C@@H]1CCCN1C(=O)c1cc(C#C[Si](C)(C)C)ccc1-2. The number of imidazole rings is 1. The van der Waals surface area contributed by atoms with E-state index < -0.39 is 19.6 Å². The highest BCUT2D eigenvalue weighted by molar-refractivity contribution is 6.83. The van der Waals surface area contributed by atoms with Crippen LogP contribution >= 0.6 is 0 Å². The molecule has 1 fully saturated rings. The van der Waals surface area contributed by atoms with E-state index in [0.29, 0.717) is 12.1 Å². The van der Waals surface area contributed by atoms with Gasteiger partial charge in [-0.15, -0.1) is 5.54 Å². The number of fused-ring (bicyclic) bond motifs is 5. The van der Waals surface area contributed by atoms with Crippen molar-refractivity contribution in [2.75, 3.05) is 6.54 Å². The molecule has 1 atom stereocenters. The minimum Gasteiger partial charge on any atom is -0.455 e. The Morgan fingerprint density at radius 2 is 2.00 bits per heavy atom. The Balaban J connectivity index is 1.86. The van der Waals surface area contributed by atoms with Gasteiger partial charge >= 0.3 is 5.97 Å². The maximum Gasteiger partial charge on any atom is 0.359 e. The number of ether oxygens (including phenoxy) is 1. The third-order valence-corrected chi connectivity index (χ3v) is 6.17. The summed E-state index contributed by atoms with van der Waals surface area (Å²) in [6, 6.07) is 5.53. The van der Waals surface area contributed by atoms with E-state index in [1.807, 2.05) is 48.4 Å². The molecule has 0 aliphatic carbocycles. The van der Waals surface area contributed by atoms with Crippen LogP contribution in [0, 0.1) is 11.5 Å². The van der Waals surface area contributed by atoms with Gasteiger partial charge in [0, 0.05) is 12.1 Å². The standard InChI is InChI=1S/C24H29N3O3Si/c1-24(2,3)30-23(29)20-21-19-8-7-12-26(19)22(28)17-14-16(11-13-31(4,5)6)9-10-18(17)27(21)15-25-20/h9-10,14-15,19H,7-8,12H2,1-6H3/t19-/m0/s1. The summed E-state index contributed by atoms with van der Waals surface area (Å²) in [5, 5.41) is 0. The zero-order valence-electron chi connectivity index (χ0n) is 19.1. The molecule has 162 valence electrons. The van der Waals surface area contributed by atoms with Crippen LogP contribution in [0.3, 0.4) is 0 Å². The second-order valence-electron chi connectivity index (χ2n) is 10.2. The number of amides is 1. The smallest absolute Gasteiger partial charge is 0.359 e. The molecule has 7 heteroatoms. The van der Waals surface area contributed by atoms with Gasteiger partial charge in [0.1, 0.15) is 20.0 Å². The molecule has 0 N–H and O–H groups in total. The first-order chi connectivity index (χ1) is 14.4. The number of rotatable bonds is 1. The third kappa shape index (κ3) is 4.17. The molecule has 31 heavy (non-hydrogen) atoms. The highest BCUT2D eigenvalue weighted by atomic mass is 28.3. The summed E-state index contributed by atoms with van der Waals surface area (Å²) >= 11 is 0. The molecular weight excluding hydrogens is 406 g/mol. The quantitative estimate of drug-likeness (QED) is 0.380. The third-order valence-electron chi connectivity index (χ3n) is 5.29. The Hall–Kier alpha value is -2.85. The lowest BCUT2D eigenvalue weighted by atomic mass is 10.1. The Kier molecular flexibility index (Phi) is 5.09. The number of hydrogen-bond donors (Lipinski definition) is 0. The zero-order valence-corrected chi connectivity index (χ0v) is 20.1. The second-order valence-corrected chi connectivity index (χ2v) is 15.0. The van der Waals surface area contributed by atoms with Gasteiger partial charge in [0.15, 0.2) is 5.69 Å². The van der Waals surface area contributed by atoms with Gasteiger partial charge in [0.2, 0.25) is 0 Å². The monoisotopic (exact) mass is 435 g/mol. The summed E-state index contributed by atoms with van der Waals surface area (Å²) < 4.78 is 7.49. The lowest BCUT2D eigenvalue weighted by Gasteiger charge is -2.24. The Labute approximate surface area is 184 Å². The Morgan fingerprint density at radius 1 is 1.26 bits per heavy atom. The maximum atomic E-state index is 13.5. The molecule has 4 rings (SSSR count). The Morgan fingerprint density at radius 3 is 2.68 bits per heavy atom. The Bertz CT molecular complexity index is 1130. The summed E-state index contributed by atoms with van der Waals surface area (Å²) in [6.45, 7) is 12.8. The lowest BCUT2D eigenvalue weighted by molar-refractivity contribution is 0.00595. The van der Waals surface area contributed by atoms with Crippen molar-refractivity contribution in [3.63, 3.8) is 0 Å². The predicted octanol–water partition coefficient (Wildman–Crippen LogP) is 4.35. The number of nitrogens with zero attached hydrogens (tertiary/aromatic N) is 3. The van der Waals surface area contributed by atoms with Crippen molar-refractivity contribution >= 4 is 20.0 Å². The van der Waals surface area contributed by atoms with Crippen molar-refractivity contribution in [2.24, 2.45) is 0 Å². The highest BCUT2D eigenvalue weighted by Gasteiger charge is 2.40. The van der Waals surface area contributed by atoms with Gasteiger partial charge in [0.25, 0.3) is 5.91 Å². The van der Waals surface area contributed by atoms with Gasteiger partial charge in [-0.3, -0.25) is 9.36 Å². The molecule has 1 amide bonds. The molecule has 1 aromatic carbocycles. The number of carbonyl (C=O) groups excluding carboxylic acids is 2. The predicted molar refractivity (Wildman–Crippen MR) is 122 cm³/mol. The van der Waals surface area contributed by atoms with Gasteiger partial charge in [-0.1, -0.05) is 25.6 Å². The molecule has 2 aliphatic heterocycles. The normalized spacial score (nSPS) is 17.8. The summed E-state index contributed by atoms with van der Waals surface area (Å²) in [7, 11) is -1.53. The van der Waals surface area contributed by atoms with Crippen molar-refractivity contribution in [3.05, 3.63) is 47.0 Å². The van der Waals surface area contributed by atoms with Crippen LogP contribution in [0.2, 0.25) is 19.6 Å². The van der Waals surface area contributed by atoms with E-state index in [4.69, 9.17) is 4.74 Å². The van der Waals surface area contributed by atoms with Crippen molar-refractivity contribution in [3.8, 4) is 17.2 Å². The number of benzene rings is 1. The zero-order chi connectivity index (χ0) is 22.6. The van der Waals surface area contributed by atoms with Gasteiger partial charge < -0.3 is 9.64 Å². The summed E-state index contributed by atoms with van der Waals surface area (Å²) in [5.74, 6) is 2.77. The van der Waals surface area contributed by atoms with Crippen LogP contribution in [0.25, 0.3) is 5.69 Å². The van der Waals surface area contributed by atoms with Crippen LogP contribution in [-0.2, 0) is 4.74 Å². The lowest BCUT2D eigenvalue weighted by Crippen LogP contribution is -2.31. The number of carbonyl (C=O) groups is 2. The average molecular weight is 436 g/mol. The fourth-order valence-electron chi connectivity index (χ4n) is 4.06. The van der Waals surface area contributed by atoms with Crippen molar-refractivity contribution < 1.29 is 14.3 Å². The summed E-state index contributed by atoms with van der Waals surface area (Å²) in [5.41, 5.74) is 5.93. The van der Waals surface area contributed by atoms with Crippen molar-refractivity contribution in [1.82, 2.24) is 14.5 Å². The first-order valence-corrected chi connectivity index (χ1v) is 14.2. The van der Waals surface area contributed by atoms with Crippen molar-refractivity contribution in [1.29, 1.82) is 0 Å². The van der Waals surface area contributed by atoms with E-state index in [-0.39, 0.29) is 17.6 Å². The average Bonchev–Trinajstić information content (AvgIpc) is 3.28.